The van der Waals surface area contributed by atoms with Crippen LogP contribution >= 0.6 is 35.4 Å². The van der Waals surface area contributed by atoms with Crippen LogP contribution in [0.3, 0.4) is 0 Å². The van der Waals surface area contributed by atoms with E-state index in [1.165, 1.54) is 4.90 Å². The van der Waals surface area contributed by atoms with Crippen LogP contribution in [0.25, 0.3) is 0 Å². The standard InChI is InChI=1S/C14H14Cl2N4O2S/c1-20(7-8-2-3-9(15)6-10(8)16)12(21)5-4-11-13(22)17-14(23)19-18-11/h2-3,6H,4-5,7H2,1H3,(H2,17,19,22,23). The van der Waals surface area contributed by atoms with E-state index in [-0.39, 0.29) is 34.8 Å². The highest BCUT2D eigenvalue weighted by Gasteiger charge is 2.13. The van der Waals surface area contributed by atoms with Gasteiger partial charge >= 0.3 is 0 Å². The number of nitrogens with zero attached hydrogens (tertiary/aromatic N) is 2. The van der Waals surface area contributed by atoms with Crippen molar-refractivity contribution in [3.05, 3.63) is 54.6 Å². The predicted octanol–water partition coefficient (Wildman–Crippen LogP) is 2.73. The van der Waals surface area contributed by atoms with Crippen LogP contribution in [0.2, 0.25) is 10.0 Å². The molecule has 2 N–H and O–H groups in total. The molecule has 0 bridgehead atoms. The second-order valence-electron chi connectivity index (χ2n) is 4.94. The highest BCUT2D eigenvalue weighted by Crippen LogP contribution is 2.22. The number of carbonyl (C=O) groups excluding carboxylic acids is 1. The zero-order valence-corrected chi connectivity index (χ0v) is 14.6. The molecule has 0 aliphatic carbocycles. The quantitative estimate of drug-likeness (QED) is 0.790. The molecule has 0 saturated carbocycles. The number of halogens is 2. The number of benzene rings is 1. The Morgan fingerprint density at radius 3 is 2.78 bits per heavy atom. The third kappa shape index (κ3) is 4.89. The minimum atomic E-state index is -0.384. The minimum absolute atomic E-state index is 0.125. The summed E-state index contributed by atoms with van der Waals surface area (Å²) >= 11 is 16.7. The first-order valence-electron chi connectivity index (χ1n) is 6.72. The lowest BCUT2D eigenvalue weighted by Gasteiger charge is -2.18. The van der Waals surface area contributed by atoms with Gasteiger partial charge in [-0.1, -0.05) is 29.3 Å². The summed E-state index contributed by atoms with van der Waals surface area (Å²) in [4.78, 5) is 27.8. The Labute approximate surface area is 147 Å². The van der Waals surface area contributed by atoms with E-state index in [2.05, 4.69) is 15.2 Å². The second-order valence-corrected chi connectivity index (χ2v) is 6.19. The Kier molecular flexibility index (Phi) is 5.92. The summed E-state index contributed by atoms with van der Waals surface area (Å²) in [6, 6.07) is 5.13. The van der Waals surface area contributed by atoms with Crippen LogP contribution < -0.4 is 5.56 Å². The van der Waals surface area contributed by atoms with Crippen molar-refractivity contribution < 1.29 is 4.79 Å². The number of aromatic amines is 2. The molecule has 0 unspecified atom stereocenters. The van der Waals surface area contributed by atoms with Crippen LogP contribution in [0, 0.1) is 4.77 Å². The van der Waals surface area contributed by atoms with Crippen molar-refractivity contribution in [2.45, 2.75) is 19.4 Å². The molecule has 0 saturated heterocycles. The fourth-order valence-electron chi connectivity index (χ4n) is 1.95. The SMILES string of the molecule is CN(Cc1ccc(Cl)cc1Cl)C(=O)CCc1n[nH]c(=S)[nH]c1=O. The summed E-state index contributed by atoms with van der Waals surface area (Å²) in [5.41, 5.74) is 0.654. The van der Waals surface area contributed by atoms with Gasteiger partial charge in [-0.2, -0.15) is 5.10 Å². The van der Waals surface area contributed by atoms with Crippen molar-refractivity contribution in [1.29, 1.82) is 0 Å². The number of aryl methyl sites for hydroxylation is 1. The van der Waals surface area contributed by atoms with Crippen LogP contribution in [0.15, 0.2) is 23.0 Å². The lowest BCUT2D eigenvalue weighted by atomic mass is 10.2. The lowest BCUT2D eigenvalue weighted by Crippen LogP contribution is -2.27. The molecule has 0 atom stereocenters. The summed E-state index contributed by atoms with van der Waals surface area (Å²) in [6.07, 6.45) is 0.376. The van der Waals surface area contributed by atoms with Gasteiger partial charge in [0.1, 0.15) is 5.69 Å². The van der Waals surface area contributed by atoms with Crippen molar-refractivity contribution in [3.8, 4) is 0 Å². The van der Waals surface area contributed by atoms with Gasteiger partial charge in [0.2, 0.25) is 5.91 Å². The minimum Gasteiger partial charge on any atom is -0.341 e. The molecule has 0 spiro atoms. The maximum atomic E-state index is 12.2. The van der Waals surface area contributed by atoms with Gasteiger partial charge in [-0.3, -0.25) is 19.7 Å². The molecule has 1 aromatic heterocycles. The lowest BCUT2D eigenvalue weighted by molar-refractivity contribution is -0.130. The molecule has 1 aromatic carbocycles. The van der Waals surface area contributed by atoms with Crippen LogP contribution in [0.4, 0.5) is 0 Å². The number of aromatic nitrogens is 3. The fraction of sp³-hybridized carbons (Fsp3) is 0.286. The van der Waals surface area contributed by atoms with Crippen molar-refractivity contribution in [2.24, 2.45) is 0 Å². The normalized spacial score (nSPS) is 10.6. The van der Waals surface area contributed by atoms with Crippen LogP contribution in [0.5, 0.6) is 0 Å². The maximum absolute atomic E-state index is 12.2. The number of H-pyrrole nitrogens is 2. The summed E-state index contributed by atoms with van der Waals surface area (Å²) in [5, 5.41) is 7.38. The Balaban J connectivity index is 1.97. The molecule has 0 aliphatic heterocycles. The van der Waals surface area contributed by atoms with Crippen LogP contribution in [-0.2, 0) is 17.8 Å². The summed E-state index contributed by atoms with van der Waals surface area (Å²) in [7, 11) is 1.67. The molecule has 0 radical (unpaired) electrons. The van der Waals surface area contributed by atoms with Crippen molar-refractivity contribution in [1.82, 2.24) is 20.1 Å². The van der Waals surface area contributed by atoms with Gasteiger partial charge in [-0.05, 0) is 29.9 Å². The molecule has 2 aromatic rings. The molecule has 1 amide bonds. The van der Waals surface area contributed by atoms with Gasteiger partial charge in [0.05, 0.1) is 0 Å². The molecular weight excluding hydrogens is 359 g/mol. The van der Waals surface area contributed by atoms with Crippen molar-refractivity contribution in [2.75, 3.05) is 7.05 Å². The first-order valence-corrected chi connectivity index (χ1v) is 7.89. The zero-order chi connectivity index (χ0) is 17.0. The number of rotatable bonds is 5. The zero-order valence-electron chi connectivity index (χ0n) is 12.2. The first kappa shape index (κ1) is 17.7. The Morgan fingerprint density at radius 1 is 1.39 bits per heavy atom. The largest absolute Gasteiger partial charge is 0.341 e. The summed E-state index contributed by atoms with van der Waals surface area (Å²) in [5.74, 6) is -0.125. The summed E-state index contributed by atoms with van der Waals surface area (Å²) in [6.45, 7) is 0.357. The Hall–Kier alpha value is -1.70. The number of hydrogen-bond donors (Lipinski definition) is 2. The molecule has 2 rings (SSSR count). The molecule has 0 fully saturated rings. The predicted molar refractivity (Wildman–Crippen MR) is 91.3 cm³/mol. The molecule has 122 valence electrons. The molecule has 0 aliphatic rings. The second kappa shape index (κ2) is 7.72. The van der Waals surface area contributed by atoms with E-state index in [0.29, 0.717) is 16.6 Å². The topological polar surface area (TPSA) is 81.8 Å². The molecular formula is C14H14Cl2N4O2S. The van der Waals surface area contributed by atoms with Crippen LogP contribution in [0.1, 0.15) is 17.7 Å². The van der Waals surface area contributed by atoms with Gasteiger partial charge < -0.3 is 4.90 Å². The third-order valence-electron chi connectivity index (χ3n) is 3.21. The third-order valence-corrected chi connectivity index (χ3v) is 3.99. The molecule has 6 nitrogen and oxygen atoms in total. The van der Waals surface area contributed by atoms with Gasteiger partial charge in [0.15, 0.2) is 4.77 Å². The average molecular weight is 373 g/mol. The Morgan fingerprint density at radius 2 is 2.13 bits per heavy atom. The van der Waals surface area contributed by atoms with Gasteiger partial charge in [-0.25, -0.2) is 0 Å². The molecule has 9 heteroatoms. The number of carbonyl (C=O) groups is 1. The number of nitrogens with one attached hydrogen (secondary N) is 2. The van der Waals surface area contributed by atoms with E-state index in [9.17, 15) is 9.59 Å². The van der Waals surface area contributed by atoms with Crippen molar-refractivity contribution in [3.63, 3.8) is 0 Å². The van der Waals surface area contributed by atoms with Crippen LogP contribution in [-0.4, -0.2) is 33.0 Å². The van der Waals surface area contributed by atoms with Gasteiger partial charge in [0, 0.05) is 36.5 Å². The molecule has 23 heavy (non-hydrogen) atoms. The van der Waals surface area contributed by atoms with E-state index in [1.54, 1.807) is 25.2 Å². The highest BCUT2D eigenvalue weighted by molar-refractivity contribution is 7.71. The van der Waals surface area contributed by atoms with Gasteiger partial charge in [-0.15, -0.1) is 0 Å². The number of hydrogen-bond acceptors (Lipinski definition) is 4. The average Bonchev–Trinajstić information content (AvgIpc) is 2.48. The number of amides is 1. The monoisotopic (exact) mass is 372 g/mol. The van der Waals surface area contributed by atoms with E-state index < -0.39 is 0 Å². The highest BCUT2D eigenvalue weighted by atomic mass is 35.5. The van der Waals surface area contributed by atoms with E-state index in [4.69, 9.17) is 35.4 Å². The van der Waals surface area contributed by atoms with E-state index in [0.717, 1.165) is 5.56 Å². The first-order chi connectivity index (χ1) is 10.9. The van der Waals surface area contributed by atoms with Crippen molar-refractivity contribution >= 4 is 41.3 Å². The molecule has 1 heterocycles. The van der Waals surface area contributed by atoms with E-state index >= 15 is 0 Å². The smallest absolute Gasteiger partial charge is 0.273 e. The van der Waals surface area contributed by atoms with E-state index in [1.807, 2.05) is 0 Å². The van der Waals surface area contributed by atoms with Gasteiger partial charge in [0.25, 0.3) is 5.56 Å². The fourth-order valence-corrected chi connectivity index (χ4v) is 2.56. The maximum Gasteiger partial charge on any atom is 0.273 e. The summed E-state index contributed by atoms with van der Waals surface area (Å²) < 4.78 is 0.152. The Bertz CT molecular complexity index is 834.